The van der Waals surface area contributed by atoms with E-state index in [-0.39, 0.29) is 21.6 Å². The van der Waals surface area contributed by atoms with Gasteiger partial charge in [0.05, 0.1) is 14.8 Å². The van der Waals surface area contributed by atoms with Crippen LogP contribution in [-0.2, 0) is 10.0 Å². The van der Waals surface area contributed by atoms with Crippen LogP contribution >= 0.6 is 27.3 Å². The maximum atomic E-state index is 12.8. The molecule has 0 aliphatic rings. The fourth-order valence-corrected chi connectivity index (χ4v) is 5.48. The third-order valence-electron chi connectivity index (χ3n) is 3.75. The van der Waals surface area contributed by atoms with Crippen molar-refractivity contribution in [3.05, 3.63) is 64.5 Å². The molecule has 0 unspecified atom stereocenters. The molecule has 2 heterocycles. The number of sulfonamides is 1. The van der Waals surface area contributed by atoms with E-state index in [4.69, 9.17) is 0 Å². The molecule has 0 amide bonds. The molecule has 0 fully saturated rings. The summed E-state index contributed by atoms with van der Waals surface area (Å²) in [7, 11) is -3.83. The number of phenols is 1. The lowest BCUT2D eigenvalue weighted by Crippen LogP contribution is -2.15. The minimum atomic E-state index is -3.83. The number of anilines is 3. The Kier molecular flexibility index (Phi) is 4.92. The summed E-state index contributed by atoms with van der Waals surface area (Å²) in [6.07, 6.45) is 0. The van der Waals surface area contributed by atoms with Gasteiger partial charge in [-0.25, -0.2) is 18.4 Å². The standard InChI is InChI=1S/C18H13BrN4O3S2/c19-15-9-10-16(27-15)28(25,26)23-18-17(20-11-5-7-12(24)8-6-11)21-13-3-1-2-4-14(13)22-18/h1-10,24H,(H,20,21)(H,22,23). The van der Waals surface area contributed by atoms with Crippen molar-refractivity contribution < 1.29 is 13.5 Å². The molecule has 4 aromatic rings. The molecule has 142 valence electrons. The minimum Gasteiger partial charge on any atom is -0.508 e. The molecule has 7 nitrogen and oxygen atoms in total. The number of aromatic hydroxyl groups is 1. The minimum absolute atomic E-state index is 0.0799. The number of phenolic OH excluding ortho intramolecular Hbond substituents is 1. The maximum absolute atomic E-state index is 12.8. The van der Waals surface area contributed by atoms with Gasteiger partial charge in [0.2, 0.25) is 0 Å². The summed E-state index contributed by atoms with van der Waals surface area (Å²) in [4.78, 5) is 8.94. The van der Waals surface area contributed by atoms with Gasteiger partial charge in [0.1, 0.15) is 9.96 Å². The zero-order valence-corrected chi connectivity index (χ0v) is 17.3. The molecule has 2 aromatic carbocycles. The molecule has 3 N–H and O–H groups in total. The summed E-state index contributed by atoms with van der Waals surface area (Å²) < 4.78 is 28.9. The Morgan fingerprint density at radius 1 is 0.893 bits per heavy atom. The second-order valence-corrected chi connectivity index (χ2v) is 10.1. The number of rotatable bonds is 5. The largest absolute Gasteiger partial charge is 0.508 e. The molecule has 0 aliphatic heterocycles. The van der Waals surface area contributed by atoms with Gasteiger partial charge in [-0.15, -0.1) is 11.3 Å². The molecule has 0 atom stereocenters. The van der Waals surface area contributed by atoms with Crippen molar-refractivity contribution in [3.63, 3.8) is 0 Å². The smallest absolute Gasteiger partial charge is 0.272 e. The van der Waals surface area contributed by atoms with Crippen LogP contribution in [0, 0.1) is 0 Å². The third-order valence-corrected chi connectivity index (χ3v) is 7.20. The lowest BCUT2D eigenvalue weighted by Gasteiger charge is -2.13. The van der Waals surface area contributed by atoms with Crippen molar-refractivity contribution >= 4 is 65.6 Å². The van der Waals surface area contributed by atoms with Gasteiger partial charge in [0.25, 0.3) is 10.0 Å². The first kappa shape index (κ1) is 18.7. The van der Waals surface area contributed by atoms with Gasteiger partial charge < -0.3 is 10.4 Å². The highest BCUT2D eigenvalue weighted by Crippen LogP contribution is 2.31. The SMILES string of the molecule is O=S(=O)(Nc1nc2ccccc2nc1Nc1ccc(O)cc1)c1ccc(Br)s1. The number of para-hydroxylation sites is 2. The summed E-state index contributed by atoms with van der Waals surface area (Å²) >= 11 is 4.37. The Hall–Kier alpha value is -2.69. The van der Waals surface area contributed by atoms with Crippen molar-refractivity contribution in [1.29, 1.82) is 0 Å². The molecule has 0 bridgehead atoms. The van der Waals surface area contributed by atoms with Crippen LogP contribution in [0.1, 0.15) is 0 Å². The number of fused-ring (bicyclic) bond motifs is 1. The highest BCUT2D eigenvalue weighted by atomic mass is 79.9. The van der Waals surface area contributed by atoms with Gasteiger partial charge in [-0.3, -0.25) is 4.72 Å². The molecule has 0 spiro atoms. The summed E-state index contributed by atoms with van der Waals surface area (Å²) in [6, 6.07) is 16.7. The van der Waals surface area contributed by atoms with Crippen LogP contribution in [0.25, 0.3) is 11.0 Å². The Labute approximate surface area is 173 Å². The maximum Gasteiger partial charge on any atom is 0.272 e. The van der Waals surface area contributed by atoms with Gasteiger partial charge in [0.15, 0.2) is 11.6 Å². The number of halogens is 1. The van der Waals surface area contributed by atoms with Gasteiger partial charge in [-0.2, -0.15) is 0 Å². The Morgan fingerprint density at radius 2 is 1.54 bits per heavy atom. The first-order chi connectivity index (χ1) is 13.4. The van der Waals surface area contributed by atoms with Crippen molar-refractivity contribution in [1.82, 2.24) is 9.97 Å². The zero-order valence-electron chi connectivity index (χ0n) is 14.1. The van der Waals surface area contributed by atoms with Crippen LogP contribution in [0.2, 0.25) is 0 Å². The lowest BCUT2D eigenvalue weighted by molar-refractivity contribution is 0.475. The van der Waals surface area contributed by atoms with E-state index in [1.807, 2.05) is 6.07 Å². The van der Waals surface area contributed by atoms with E-state index in [9.17, 15) is 13.5 Å². The highest BCUT2D eigenvalue weighted by Gasteiger charge is 2.20. The van der Waals surface area contributed by atoms with Gasteiger partial charge >= 0.3 is 0 Å². The summed E-state index contributed by atoms with van der Waals surface area (Å²) in [5, 5.41) is 12.5. The van der Waals surface area contributed by atoms with Crippen LogP contribution in [0.15, 0.2) is 68.7 Å². The Balaban J connectivity index is 1.77. The zero-order chi connectivity index (χ0) is 19.7. The van der Waals surface area contributed by atoms with Gasteiger partial charge in [-0.1, -0.05) is 12.1 Å². The van der Waals surface area contributed by atoms with Crippen molar-refractivity contribution in [3.8, 4) is 5.75 Å². The van der Waals surface area contributed by atoms with Crippen LogP contribution < -0.4 is 10.0 Å². The molecule has 0 aliphatic carbocycles. The first-order valence-electron chi connectivity index (χ1n) is 8.02. The first-order valence-corrected chi connectivity index (χ1v) is 11.1. The molecule has 0 radical (unpaired) electrons. The molecule has 0 saturated carbocycles. The van der Waals surface area contributed by atoms with Crippen LogP contribution in [0.5, 0.6) is 5.75 Å². The van der Waals surface area contributed by atoms with E-state index in [1.54, 1.807) is 36.4 Å². The molecule has 4 rings (SSSR count). The van der Waals surface area contributed by atoms with Crippen LogP contribution in [0.3, 0.4) is 0 Å². The predicted molar refractivity (Wildman–Crippen MR) is 114 cm³/mol. The molecule has 28 heavy (non-hydrogen) atoms. The van der Waals surface area contributed by atoms with Crippen LogP contribution in [-0.4, -0.2) is 23.5 Å². The number of nitrogens with zero attached hydrogens (tertiary/aromatic N) is 2. The van der Waals surface area contributed by atoms with E-state index >= 15 is 0 Å². The van der Waals surface area contributed by atoms with Gasteiger partial charge in [-0.05, 0) is 64.5 Å². The molecular weight excluding hydrogens is 464 g/mol. The molecule has 2 aromatic heterocycles. The second kappa shape index (κ2) is 7.38. The number of thiophene rings is 1. The number of aromatic nitrogens is 2. The number of hydrogen-bond donors (Lipinski definition) is 3. The van der Waals surface area contributed by atoms with E-state index in [1.165, 1.54) is 18.2 Å². The quantitative estimate of drug-likeness (QED) is 0.360. The van der Waals surface area contributed by atoms with Gasteiger partial charge in [0, 0.05) is 5.69 Å². The van der Waals surface area contributed by atoms with Crippen molar-refractivity contribution in [2.24, 2.45) is 0 Å². The number of hydrogen-bond acceptors (Lipinski definition) is 7. The highest BCUT2D eigenvalue weighted by molar-refractivity contribution is 9.11. The summed E-state index contributed by atoms with van der Waals surface area (Å²) in [5.74, 6) is 0.458. The van der Waals surface area contributed by atoms with Crippen LogP contribution in [0.4, 0.5) is 17.3 Å². The van der Waals surface area contributed by atoms with E-state index < -0.39 is 10.0 Å². The number of benzene rings is 2. The Morgan fingerprint density at radius 3 is 2.14 bits per heavy atom. The van der Waals surface area contributed by atoms with E-state index in [2.05, 4.69) is 35.9 Å². The third kappa shape index (κ3) is 3.93. The van der Waals surface area contributed by atoms with E-state index in [0.717, 1.165) is 11.3 Å². The predicted octanol–water partition coefficient (Wildman–Crippen LogP) is 4.70. The van der Waals surface area contributed by atoms with Crippen molar-refractivity contribution in [2.45, 2.75) is 4.21 Å². The molecule has 0 saturated heterocycles. The normalized spacial score (nSPS) is 11.5. The fourth-order valence-electron chi connectivity index (χ4n) is 2.46. The summed E-state index contributed by atoms with van der Waals surface area (Å²) in [5.41, 5.74) is 1.80. The lowest BCUT2D eigenvalue weighted by atomic mass is 10.3. The van der Waals surface area contributed by atoms with Crippen molar-refractivity contribution in [2.75, 3.05) is 10.0 Å². The fraction of sp³-hybridized carbons (Fsp3) is 0. The Bertz CT molecular complexity index is 1260. The molecule has 10 heteroatoms. The topological polar surface area (TPSA) is 104 Å². The molecular formula is C18H13BrN4O3S2. The van der Waals surface area contributed by atoms with E-state index in [0.29, 0.717) is 20.5 Å². The second-order valence-electron chi connectivity index (χ2n) is 5.75. The average molecular weight is 477 g/mol. The summed E-state index contributed by atoms with van der Waals surface area (Å²) in [6.45, 7) is 0. The average Bonchev–Trinajstić information content (AvgIpc) is 3.11. The monoisotopic (exact) mass is 476 g/mol. The number of nitrogens with one attached hydrogen (secondary N) is 2.